The van der Waals surface area contributed by atoms with Gasteiger partial charge < -0.3 is 9.84 Å². The molecular weight excluding hydrogens is 761 g/mol. The zero-order chi connectivity index (χ0) is 40.5. The highest BCUT2D eigenvalue weighted by Gasteiger charge is 2.70. The number of aromatic hydroxyl groups is 1. The number of hydrazine groups is 1. The Morgan fingerprint density at radius 2 is 1.52 bits per heavy atom. The summed E-state index contributed by atoms with van der Waals surface area (Å²) in [6, 6.07) is 31.9. The molecule has 6 atom stereocenters. The molecule has 4 aliphatic rings. The smallest absolute Gasteiger partial charge is 0.260 e. The average Bonchev–Trinajstić information content (AvgIpc) is 3.62. The van der Waals surface area contributed by atoms with Crippen LogP contribution in [0.3, 0.4) is 0 Å². The van der Waals surface area contributed by atoms with Gasteiger partial charge in [0, 0.05) is 22.1 Å². The van der Waals surface area contributed by atoms with E-state index in [4.69, 9.17) is 16.3 Å². The lowest BCUT2D eigenvalue weighted by atomic mass is 9.49. The van der Waals surface area contributed by atoms with E-state index >= 15 is 4.79 Å². The highest BCUT2D eigenvalue weighted by atomic mass is 35.5. The third-order valence-electron chi connectivity index (χ3n) is 12.2. The molecule has 290 valence electrons. The van der Waals surface area contributed by atoms with Gasteiger partial charge in [0.05, 0.1) is 41.7 Å². The van der Waals surface area contributed by atoms with Crippen molar-refractivity contribution in [2.75, 3.05) is 17.4 Å². The summed E-state index contributed by atoms with van der Waals surface area (Å²) in [7, 11) is 1.42. The molecular formula is C46H35ClFN3O7. The molecule has 0 aromatic heterocycles. The molecule has 58 heavy (non-hydrogen) atoms. The summed E-state index contributed by atoms with van der Waals surface area (Å²) in [6.07, 6.45) is 2.13. The first-order chi connectivity index (χ1) is 28.0. The third kappa shape index (κ3) is 5.63. The van der Waals surface area contributed by atoms with Gasteiger partial charge in [0.25, 0.3) is 11.8 Å². The number of hydrogen-bond acceptors (Lipinski definition) is 8. The molecule has 10 nitrogen and oxygen atoms in total. The Balaban J connectivity index is 1.16. The second-order valence-corrected chi connectivity index (χ2v) is 15.5. The highest BCUT2D eigenvalue weighted by molar-refractivity contribution is 6.30. The van der Waals surface area contributed by atoms with Crippen LogP contribution < -0.4 is 15.1 Å². The molecule has 4 amide bonds. The molecule has 12 heteroatoms. The number of carbonyl (C=O) groups excluding carboxylic acids is 5. The maximum Gasteiger partial charge on any atom is 0.260 e. The summed E-state index contributed by atoms with van der Waals surface area (Å²) in [4.78, 5) is 73.5. The molecule has 2 aliphatic carbocycles. The van der Waals surface area contributed by atoms with Crippen molar-refractivity contribution < 1.29 is 38.2 Å². The van der Waals surface area contributed by atoms with Gasteiger partial charge in [-0.05, 0) is 103 Å². The normalized spacial score (nSPS) is 24.9. The zero-order valence-corrected chi connectivity index (χ0v) is 31.7. The van der Waals surface area contributed by atoms with E-state index in [0.717, 1.165) is 5.01 Å². The monoisotopic (exact) mass is 795 g/mol. The van der Waals surface area contributed by atoms with E-state index in [0.29, 0.717) is 44.2 Å². The number of phenolic OH excluding ortho intramolecular Hbond substituents is 1. The Morgan fingerprint density at radius 3 is 2.19 bits per heavy atom. The lowest BCUT2D eigenvalue weighted by Crippen LogP contribution is -2.53. The first kappa shape index (κ1) is 37.0. The quantitative estimate of drug-likeness (QED) is 0.0932. The number of methoxy groups -OCH3 is 1. The van der Waals surface area contributed by atoms with Crippen molar-refractivity contribution in [1.82, 2.24) is 5.01 Å². The standard InChI is InChI=1S/C46H35ClFN3O7/c1-58-38-22-9-27(23-37(38)52)40-33-20-21-34-39(44(56)50(42(34)54)32-18-7-26(8-19-32)41(53)25-5-3-2-4-6-25)35(33)24-36-43(55)51(49-31-16-14-30(48)15-17-31)45(57)46(36,40)28-10-12-29(47)13-11-28/h2-20,22-23,34-36,39-40,49,52H,21,24H2,1H3/t34-,35+,36-,39-,40-,46+/m0/s1. The number of halogens is 2. The maximum absolute atomic E-state index is 15.3. The van der Waals surface area contributed by atoms with Crippen molar-refractivity contribution >= 4 is 52.4 Å². The molecule has 5 aromatic carbocycles. The summed E-state index contributed by atoms with van der Waals surface area (Å²) in [5.41, 5.74) is 4.50. The first-order valence-corrected chi connectivity index (χ1v) is 19.2. The van der Waals surface area contributed by atoms with E-state index in [1.165, 1.54) is 42.3 Å². The predicted molar refractivity (Wildman–Crippen MR) is 212 cm³/mol. The fourth-order valence-corrected chi connectivity index (χ4v) is 9.82. The molecule has 0 radical (unpaired) electrons. The molecule has 0 unspecified atom stereocenters. The number of benzene rings is 5. The minimum absolute atomic E-state index is 0.0395. The molecule has 2 aliphatic heterocycles. The zero-order valence-electron chi connectivity index (χ0n) is 31.0. The number of amides is 4. The van der Waals surface area contributed by atoms with E-state index in [-0.39, 0.29) is 30.1 Å². The number of imide groups is 2. The van der Waals surface area contributed by atoms with Crippen LogP contribution in [0.2, 0.25) is 5.02 Å². The number of rotatable bonds is 8. The predicted octanol–water partition coefficient (Wildman–Crippen LogP) is 7.61. The molecule has 0 bridgehead atoms. The van der Waals surface area contributed by atoms with Gasteiger partial charge in [-0.2, -0.15) is 5.01 Å². The van der Waals surface area contributed by atoms with Gasteiger partial charge in [-0.3, -0.25) is 34.3 Å². The lowest BCUT2D eigenvalue weighted by Gasteiger charge is -2.50. The van der Waals surface area contributed by atoms with Gasteiger partial charge in [0.2, 0.25) is 11.8 Å². The molecule has 2 saturated heterocycles. The number of ketones is 1. The number of fused-ring (bicyclic) bond motifs is 4. The molecule has 2 N–H and O–H groups in total. The highest BCUT2D eigenvalue weighted by Crippen LogP contribution is 2.64. The first-order valence-electron chi connectivity index (χ1n) is 18.8. The molecule has 1 saturated carbocycles. The second-order valence-electron chi connectivity index (χ2n) is 15.1. The number of nitrogens with zero attached hydrogens (tertiary/aromatic N) is 2. The lowest BCUT2D eigenvalue weighted by molar-refractivity contribution is -0.138. The van der Waals surface area contributed by atoms with Crippen LogP contribution >= 0.6 is 11.6 Å². The number of ether oxygens (including phenoxy) is 1. The van der Waals surface area contributed by atoms with Crippen molar-refractivity contribution in [2.24, 2.45) is 23.7 Å². The van der Waals surface area contributed by atoms with Crippen molar-refractivity contribution in [2.45, 2.75) is 24.2 Å². The number of anilines is 2. The van der Waals surface area contributed by atoms with E-state index in [2.05, 4.69) is 5.43 Å². The topological polar surface area (TPSA) is 133 Å². The van der Waals surface area contributed by atoms with Gasteiger partial charge in [-0.1, -0.05) is 71.8 Å². The molecule has 3 fully saturated rings. The van der Waals surface area contributed by atoms with E-state index < -0.39 is 64.5 Å². The van der Waals surface area contributed by atoms with Gasteiger partial charge in [-0.25, -0.2) is 4.39 Å². The van der Waals surface area contributed by atoms with Crippen LogP contribution in [0, 0.1) is 29.5 Å². The third-order valence-corrected chi connectivity index (χ3v) is 12.5. The fraction of sp³-hybridized carbons (Fsp3) is 0.196. The van der Waals surface area contributed by atoms with Crippen molar-refractivity contribution in [3.63, 3.8) is 0 Å². The average molecular weight is 796 g/mol. The van der Waals surface area contributed by atoms with Crippen LogP contribution in [0.5, 0.6) is 11.5 Å². The van der Waals surface area contributed by atoms with Crippen LogP contribution in [0.1, 0.15) is 45.8 Å². The largest absolute Gasteiger partial charge is 0.504 e. The second kappa shape index (κ2) is 14.1. The summed E-state index contributed by atoms with van der Waals surface area (Å²) in [5.74, 6) is -6.95. The number of allylic oxidation sites excluding steroid dienone is 2. The van der Waals surface area contributed by atoms with E-state index in [1.54, 1.807) is 84.9 Å². The van der Waals surface area contributed by atoms with Crippen LogP contribution in [0.25, 0.3) is 0 Å². The number of carbonyl (C=O) groups is 5. The molecule has 0 spiro atoms. The summed E-state index contributed by atoms with van der Waals surface area (Å²) in [6.45, 7) is 0. The van der Waals surface area contributed by atoms with Crippen molar-refractivity contribution in [3.05, 3.63) is 166 Å². The Kier molecular flexibility index (Phi) is 9.00. The SMILES string of the molecule is COc1ccc([C@H]2C3=CC[C@@H]4C(=O)N(c5ccc(C(=O)c6ccccc6)cc5)C(=O)[C@@H]4[C@@H]3C[C@H]3C(=O)N(Nc4ccc(F)cc4)C(=O)[C@@]23c2ccc(Cl)cc2)cc1O. The van der Waals surface area contributed by atoms with Gasteiger partial charge in [0.15, 0.2) is 17.3 Å². The molecule has 5 aromatic rings. The molecule has 9 rings (SSSR count). The van der Waals surface area contributed by atoms with Crippen LogP contribution in [-0.4, -0.2) is 46.6 Å². The minimum atomic E-state index is -1.61. The number of hydrogen-bond donors (Lipinski definition) is 2. The fourth-order valence-electron chi connectivity index (χ4n) is 9.69. The van der Waals surface area contributed by atoms with Crippen LogP contribution in [0.15, 0.2) is 133 Å². The summed E-state index contributed by atoms with van der Waals surface area (Å²) >= 11 is 6.38. The van der Waals surface area contributed by atoms with Crippen molar-refractivity contribution in [1.29, 1.82) is 0 Å². The van der Waals surface area contributed by atoms with Crippen LogP contribution in [0.4, 0.5) is 15.8 Å². The van der Waals surface area contributed by atoms with Gasteiger partial charge in [-0.15, -0.1) is 0 Å². The van der Waals surface area contributed by atoms with Crippen molar-refractivity contribution in [3.8, 4) is 11.5 Å². The van der Waals surface area contributed by atoms with Gasteiger partial charge >= 0.3 is 0 Å². The number of nitrogens with one attached hydrogen (secondary N) is 1. The van der Waals surface area contributed by atoms with Crippen LogP contribution in [-0.2, 0) is 24.6 Å². The Morgan fingerprint density at radius 1 is 0.828 bits per heavy atom. The minimum Gasteiger partial charge on any atom is -0.504 e. The summed E-state index contributed by atoms with van der Waals surface area (Å²) in [5, 5.41) is 12.5. The van der Waals surface area contributed by atoms with Gasteiger partial charge in [0.1, 0.15) is 5.82 Å². The Bertz CT molecular complexity index is 2550. The molecule has 2 heterocycles. The summed E-state index contributed by atoms with van der Waals surface area (Å²) < 4.78 is 19.3. The van der Waals surface area contributed by atoms with E-state index in [1.807, 2.05) is 12.1 Å². The number of phenols is 1. The Labute approximate surface area is 337 Å². The Hall–Kier alpha value is -6.59. The maximum atomic E-state index is 15.3. The van der Waals surface area contributed by atoms with E-state index in [9.17, 15) is 28.7 Å².